The molecule has 0 bridgehead atoms. The first-order chi connectivity index (χ1) is 7.67. The number of rotatable bonds is 7. The van der Waals surface area contributed by atoms with Crippen molar-refractivity contribution in [3.63, 3.8) is 0 Å². The van der Waals surface area contributed by atoms with E-state index in [1.807, 2.05) is 0 Å². The van der Waals surface area contributed by atoms with Gasteiger partial charge in [-0.2, -0.15) is 0 Å². The summed E-state index contributed by atoms with van der Waals surface area (Å²) in [5.74, 6) is 0.745. The van der Waals surface area contributed by atoms with Crippen LogP contribution in [0.3, 0.4) is 0 Å². The lowest BCUT2D eigenvalue weighted by Crippen LogP contribution is -2.25. The molecule has 0 fully saturated rings. The largest absolute Gasteiger partial charge is 0.374 e. The van der Waals surface area contributed by atoms with Gasteiger partial charge in [-0.3, -0.25) is 0 Å². The number of nitrogen functional groups attached to an aromatic ring is 1. The topological polar surface area (TPSA) is 55.0 Å². The van der Waals surface area contributed by atoms with Crippen LogP contribution >= 0.6 is 11.3 Å². The fourth-order valence-electron chi connectivity index (χ4n) is 1.76. The summed E-state index contributed by atoms with van der Waals surface area (Å²) in [5.41, 5.74) is 5.58. The Morgan fingerprint density at radius 1 is 1.38 bits per heavy atom. The Kier molecular flexibility index (Phi) is 5.52. The van der Waals surface area contributed by atoms with E-state index in [1.165, 1.54) is 37.0 Å². The number of aromatic nitrogens is 2. The van der Waals surface area contributed by atoms with Gasteiger partial charge in [0.05, 0.1) is 0 Å². The number of anilines is 2. The molecule has 0 saturated heterocycles. The van der Waals surface area contributed by atoms with Crippen LogP contribution in [-0.4, -0.2) is 23.8 Å². The molecule has 5 heteroatoms. The Bertz CT molecular complexity index is 300. The van der Waals surface area contributed by atoms with E-state index in [4.69, 9.17) is 5.73 Å². The lowest BCUT2D eigenvalue weighted by Gasteiger charge is -2.22. The second-order valence-corrected chi connectivity index (χ2v) is 5.21. The molecule has 1 aromatic heterocycles. The molecule has 1 aromatic rings. The molecule has 92 valence electrons. The summed E-state index contributed by atoms with van der Waals surface area (Å²) in [6, 6.07) is 0. The molecule has 0 aliphatic rings. The summed E-state index contributed by atoms with van der Waals surface area (Å²) in [5, 5.41) is 9.36. The minimum Gasteiger partial charge on any atom is -0.374 e. The van der Waals surface area contributed by atoms with E-state index < -0.39 is 0 Å². The summed E-state index contributed by atoms with van der Waals surface area (Å²) < 4.78 is 0. The zero-order valence-corrected chi connectivity index (χ0v) is 11.3. The highest BCUT2D eigenvalue weighted by Crippen LogP contribution is 2.23. The van der Waals surface area contributed by atoms with Crippen molar-refractivity contribution < 1.29 is 0 Å². The van der Waals surface area contributed by atoms with E-state index in [0.29, 0.717) is 5.13 Å². The molecular formula is C11H22N4S. The van der Waals surface area contributed by atoms with Crippen molar-refractivity contribution in [1.82, 2.24) is 10.2 Å². The van der Waals surface area contributed by atoms with Crippen LogP contribution in [0.2, 0.25) is 0 Å². The Labute approximate surface area is 102 Å². The Balaban J connectivity index is 2.45. The van der Waals surface area contributed by atoms with E-state index >= 15 is 0 Å². The maximum absolute atomic E-state index is 5.58. The van der Waals surface area contributed by atoms with Gasteiger partial charge in [0, 0.05) is 13.6 Å². The SMILES string of the molecule is CCCCC(CC)CN(C)c1nnc(N)s1. The quantitative estimate of drug-likeness (QED) is 0.799. The van der Waals surface area contributed by atoms with Crippen LogP contribution in [-0.2, 0) is 0 Å². The molecule has 0 spiro atoms. The molecule has 1 heterocycles. The van der Waals surface area contributed by atoms with Crippen LogP contribution < -0.4 is 10.6 Å². The first kappa shape index (κ1) is 13.2. The number of unbranched alkanes of at least 4 members (excludes halogenated alkanes) is 1. The normalized spacial score (nSPS) is 12.7. The molecule has 0 aliphatic heterocycles. The van der Waals surface area contributed by atoms with E-state index in [-0.39, 0.29) is 0 Å². The fraction of sp³-hybridized carbons (Fsp3) is 0.818. The molecule has 0 saturated carbocycles. The molecule has 4 nitrogen and oxygen atoms in total. The van der Waals surface area contributed by atoms with E-state index in [1.54, 1.807) is 0 Å². The Hall–Kier alpha value is -0.840. The lowest BCUT2D eigenvalue weighted by atomic mass is 9.99. The summed E-state index contributed by atoms with van der Waals surface area (Å²) in [7, 11) is 2.06. The molecule has 1 unspecified atom stereocenters. The molecule has 1 rings (SSSR count). The maximum atomic E-state index is 5.58. The van der Waals surface area contributed by atoms with Crippen molar-refractivity contribution in [2.24, 2.45) is 5.92 Å². The van der Waals surface area contributed by atoms with Gasteiger partial charge in [-0.25, -0.2) is 0 Å². The van der Waals surface area contributed by atoms with Crippen molar-refractivity contribution in [2.75, 3.05) is 24.2 Å². The minimum atomic E-state index is 0.545. The number of nitrogens with two attached hydrogens (primary N) is 1. The zero-order valence-electron chi connectivity index (χ0n) is 10.4. The van der Waals surface area contributed by atoms with Crippen molar-refractivity contribution in [3.8, 4) is 0 Å². The monoisotopic (exact) mass is 242 g/mol. The van der Waals surface area contributed by atoms with Crippen LogP contribution in [0.4, 0.5) is 10.3 Å². The lowest BCUT2D eigenvalue weighted by molar-refractivity contribution is 0.453. The maximum Gasteiger partial charge on any atom is 0.209 e. The number of hydrogen-bond donors (Lipinski definition) is 1. The smallest absolute Gasteiger partial charge is 0.209 e. The summed E-state index contributed by atoms with van der Waals surface area (Å²) in [4.78, 5) is 2.16. The third kappa shape index (κ3) is 3.96. The van der Waals surface area contributed by atoms with Gasteiger partial charge < -0.3 is 10.6 Å². The fourth-order valence-corrected chi connectivity index (χ4v) is 2.34. The third-order valence-corrected chi connectivity index (χ3v) is 3.70. The van der Waals surface area contributed by atoms with Crippen molar-refractivity contribution in [1.29, 1.82) is 0 Å². The Morgan fingerprint density at radius 2 is 2.12 bits per heavy atom. The molecule has 0 amide bonds. The van der Waals surface area contributed by atoms with Gasteiger partial charge in [-0.1, -0.05) is 44.4 Å². The van der Waals surface area contributed by atoms with Gasteiger partial charge in [-0.15, -0.1) is 10.2 Å². The summed E-state index contributed by atoms with van der Waals surface area (Å²) in [6.07, 6.45) is 5.10. The van der Waals surface area contributed by atoms with Gasteiger partial charge >= 0.3 is 0 Å². The van der Waals surface area contributed by atoms with Gasteiger partial charge in [0.1, 0.15) is 0 Å². The second-order valence-electron chi connectivity index (χ2n) is 4.22. The van der Waals surface area contributed by atoms with E-state index in [9.17, 15) is 0 Å². The third-order valence-electron chi connectivity index (χ3n) is 2.83. The minimum absolute atomic E-state index is 0.545. The predicted octanol–water partition coefficient (Wildman–Crippen LogP) is 2.77. The Morgan fingerprint density at radius 3 is 2.62 bits per heavy atom. The number of hydrogen-bond acceptors (Lipinski definition) is 5. The highest BCUT2D eigenvalue weighted by atomic mass is 32.1. The molecular weight excluding hydrogens is 220 g/mol. The molecule has 0 aromatic carbocycles. The van der Waals surface area contributed by atoms with Gasteiger partial charge in [0.15, 0.2) is 0 Å². The molecule has 16 heavy (non-hydrogen) atoms. The highest BCUT2D eigenvalue weighted by molar-refractivity contribution is 7.18. The van der Waals surface area contributed by atoms with Gasteiger partial charge in [-0.05, 0) is 12.3 Å². The standard InChI is InChI=1S/C11H22N4S/c1-4-6-7-9(5-2)8-15(3)11-14-13-10(12)16-11/h9H,4-8H2,1-3H3,(H2,12,13). The second kappa shape index (κ2) is 6.68. The van der Waals surface area contributed by atoms with Crippen molar-refractivity contribution in [3.05, 3.63) is 0 Å². The number of nitrogens with zero attached hydrogens (tertiary/aromatic N) is 3. The van der Waals surface area contributed by atoms with E-state index in [2.05, 4.69) is 36.0 Å². The van der Waals surface area contributed by atoms with Crippen LogP contribution in [0.15, 0.2) is 0 Å². The van der Waals surface area contributed by atoms with Crippen LogP contribution in [0.25, 0.3) is 0 Å². The van der Waals surface area contributed by atoms with Crippen LogP contribution in [0, 0.1) is 5.92 Å². The van der Waals surface area contributed by atoms with Crippen LogP contribution in [0.5, 0.6) is 0 Å². The first-order valence-electron chi connectivity index (χ1n) is 5.97. The summed E-state index contributed by atoms with van der Waals surface area (Å²) >= 11 is 1.45. The van der Waals surface area contributed by atoms with Crippen molar-refractivity contribution >= 4 is 21.6 Å². The van der Waals surface area contributed by atoms with Crippen molar-refractivity contribution in [2.45, 2.75) is 39.5 Å². The van der Waals surface area contributed by atoms with Crippen LogP contribution in [0.1, 0.15) is 39.5 Å². The highest BCUT2D eigenvalue weighted by Gasteiger charge is 2.12. The van der Waals surface area contributed by atoms with Gasteiger partial charge in [0.2, 0.25) is 10.3 Å². The average molecular weight is 242 g/mol. The van der Waals surface area contributed by atoms with Gasteiger partial charge in [0.25, 0.3) is 0 Å². The first-order valence-corrected chi connectivity index (χ1v) is 6.79. The molecule has 0 aliphatic carbocycles. The van der Waals surface area contributed by atoms with E-state index in [0.717, 1.165) is 17.6 Å². The molecule has 1 atom stereocenters. The molecule has 2 N–H and O–H groups in total. The molecule has 0 radical (unpaired) electrons. The predicted molar refractivity (Wildman–Crippen MR) is 70.9 cm³/mol. The average Bonchev–Trinajstić information content (AvgIpc) is 2.70. The summed E-state index contributed by atoms with van der Waals surface area (Å²) in [6.45, 7) is 5.54. The zero-order chi connectivity index (χ0) is 12.0.